The van der Waals surface area contributed by atoms with Gasteiger partial charge in [-0.25, -0.2) is 0 Å². The smallest absolute Gasteiger partial charge is 0.333 e. The quantitative estimate of drug-likeness (QED) is 0.0994. The highest BCUT2D eigenvalue weighted by Gasteiger charge is 2.32. The topological polar surface area (TPSA) is 53.6 Å². The lowest BCUT2D eigenvalue weighted by molar-refractivity contribution is -0.603. The number of rotatable bonds is 15. The van der Waals surface area contributed by atoms with Crippen molar-refractivity contribution in [1.82, 2.24) is 4.57 Å². The Kier molecular flexibility index (Phi) is 12.1. The van der Waals surface area contributed by atoms with Crippen molar-refractivity contribution in [2.24, 2.45) is 0 Å². The van der Waals surface area contributed by atoms with E-state index in [0.717, 1.165) is 11.6 Å². The van der Waals surface area contributed by atoms with E-state index in [0.29, 0.717) is 56.1 Å². The van der Waals surface area contributed by atoms with E-state index in [-0.39, 0.29) is 0 Å². The maximum absolute atomic E-state index is 13.1. The van der Waals surface area contributed by atoms with E-state index in [9.17, 15) is 4.57 Å². The molecule has 0 saturated heterocycles. The molecule has 1 heterocycles. The minimum Gasteiger partial charge on any atom is -0.459 e. The van der Waals surface area contributed by atoms with E-state index in [2.05, 4.69) is 114 Å². The van der Waals surface area contributed by atoms with Gasteiger partial charge in [-0.1, -0.05) is 91.8 Å². The number of hydrogen-bond acceptors (Lipinski definition) is 4. The maximum atomic E-state index is 13.1. The molecule has 0 radical (unpaired) electrons. The number of hydrogen-bond donors (Lipinski definition) is 0. The predicted molar refractivity (Wildman–Crippen MR) is 174 cm³/mol. The Labute approximate surface area is 254 Å². The van der Waals surface area contributed by atoms with Crippen LogP contribution in [0.15, 0.2) is 42.7 Å². The van der Waals surface area contributed by atoms with Crippen LogP contribution in [-0.2, 0) is 13.6 Å². The third-order valence-electron chi connectivity index (χ3n) is 7.75. The van der Waals surface area contributed by atoms with Crippen molar-refractivity contribution in [1.29, 1.82) is 0 Å². The van der Waals surface area contributed by atoms with E-state index < -0.39 is 7.60 Å². The molecule has 3 rings (SSSR count). The minimum absolute atomic E-state index is 0.321. The Morgan fingerprint density at radius 3 is 1.64 bits per heavy atom. The summed E-state index contributed by atoms with van der Waals surface area (Å²) in [5, 5.41) is 0. The van der Waals surface area contributed by atoms with Crippen LogP contribution in [0, 0.1) is 6.92 Å². The normalized spacial score (nSPS) is 12.4. The molecule has 42 heavy (non-hydrogen) atoms. The Bertz CT molecular complexity index is 1310. The first kappa shape index (κ1) is 34.1. The van der Waals surface area contributed by atoms with Crippen LogP contribution in [0.4, 0.5) is 0 Å². The van der Waals surface area contributed by atoms with Crippen LogP contribution < -0.4 is 9.30 Å². The largest absolute Gasteiger partial charge is 0.459 e. The average Bonchev–Trinajstić information content (AvgIpc) is 3.25. The zero-order valence-corrected chi connectivity index (χ0v) is 28.8. The lowest BCUT2D eigenvalue weighted by Crippen LogP contribution is -2.34. The van der Waals surface area contributed by atoms with Gasteiger partial charge in [0, 0.05) is 29.2 Å². The summed E-state index contributed by atoms with van der Waals surface area (Å²) in [6.45, 7) is 25.0. The molecule has 3 aromatic rings. The average molecular weight is 598 g/mol. The molecule has 0 spiro atoms. The molecule has 0 amide bonds. The zero-order chi connectivity index (χ0) is 31.2. The number of ether oxygens (including phenoxy) is 1. The zero-order valence-electron chi connectivity index (χ0n) is 27.9. The van der Waals surface area contributed by atoms with Gasteiger partial charge in [0.1, 0.15) is 11.4 Å². The van der Waals surface area contributed by atoms with Gasteiger partial charge in [-0.2, -0.15) is 9.13 Å². The fourth-order valence-corrected chi connectivity index (χ4v) is 7.29. The molecule has 0 aliphatic heterocycles. The van der Waals surface area contributed by atoms with E-state index in [1.165, 1.54) is 33.6 Å². The van der Waals surface area contributed by atoms with Crippen molar-refractivity contribution in [2.45, 2.75) is 106 Å². The van der Waals surface area contributed by atoms with E-state index >= 15 is 0 Å². The van der Waals surface area contributed by atoms with Crippen LogP contribution in [0.2, 0.25) is 0 Å². The number of imidazole rings is 1. The van der Waals surface area contributed by atoms with Gasteiger partial charge < -0.3 is 13.8 Å². The molecule has 0 bridgehead atoms. The van der Waals surface area contributed by atoms with Crippen LogP contribution in [-0.4, -0.2) is 30.5 Å². The summed E-state index contributed by atoms with van der Waals surface area (Å²) in [6, 6.07) is 13.3. The van der Waals surface area contributed by atoms with Gasteiger partial charge >= 0.3 is 13.5 Å². The monoisotopic (exact) mass is 597 g/mol. The van der Waals surface area contributed by atoms with Crippen molar-refractivity contribution in [3.8, 4) is 17.3 Å². The molecule has 6 nitrogen and oxygen atoms in total. The second-order valence-electron chi connectivity index (χ2n) is 12.3. The predicted octanol–water partition coefficient (Wildman–Crippen LogP) is 9.59. The molecule has 0 saturated carbocycles. The van der Waals surface area contributed by atoms with E-state index in [4.69, 9.17) is 13.8 Å². The van der Waals surface area contributed by atoms with Crippen LogP contribution in [0.3, 0.4) is 0 Å². The third-order valence-corrected chi connectivity index (χ3v) is 9.92. The molecule has 0 unspecified atom stereocenters. The molecule has 7 heteroatoms. The fraction of sp³-hybridized carbons (Fsp3) is 0.571. The summed E-state index contributed by atoms with van der Waals surface area (Å²) in [5.41, 5.74) is 8.65. The van der Waals surface area contributed by atoms with Crippen LogP contribution in [0.1, 0.15) is 127 Å². The number of nitrogens with zero attached hydrogens (tertiary/aromatic N) is 2. The van der Waals surface area contributed by atoms with E-state index in [1.54, 1.807) is 0 Å². The molecule has 0 atom stereocenters. The first-order valence-electron chi connectivity index (χ1n) is 15.8. The molecule has 232 valence electrons. The van der Waals surface area contributed by atoms with Crippen LogP contribution in [0.25, 0.3) is 11.4 Å². The van der Waals surface area contributed by atoms with Gasteiger partial charge in [-0.3, -0.25) is 4.57 Å². The molecular formula is C35H54N2O4P+. The number of aromatic nitrogens is 2. The van der Waals surface area contributed by atoms with Crippen LogP contribution >= 0.6 is 7.60 Å². The van der Waals surface area contributed by atoms with Gasteiger partial charge in [0.05, 0.1) is 26.0 Å². The molecule has 2 aromatic carbocycles. The van der Waals surface area contributed by atoms with Gasteiger partial charge in [0.25, 0.3) is 6.33 Å². The molecule has 0 fully saturated rings. The summed E-state index contributed by atoms with van der Waals surface area (Å²) < 4.78 is 35.4. The van der Waals surface area contributed by atoms with Crippen molar-refractivity contribution in [2.75, 3.05) is 26.0 Å². The highest BCUT2D eigenvalue weighted by Crippen LogP contribution is 2.48. The summed E-state index contributed by atoms with van der Waals surface area (Å²) >= 11 is 0. The summed E-state index contributed by atoms with van der Waals surface area (Å²) in [4.78, 5) is 0. The lowest BCUT2D eigenvalue weighted by atomic mass is 9.92. The fourth-order valence-electron chi connectivity index (χ4n) is 5.66. The molecule has 0 aliphatic carbocycles. The summed E-state index contributed by atoms with van der Waals surface area (Å²) in [7, 11) is -3.13. The second-order valence-corrected chi connectivity index (χ2v) is 14.5. The van der Waals surface area contributed by atoms with E-state index in [1.807, 2.05) is 13.8 Å². The molecule has 0 N–H and O–H groups in total. The SMILES string of the molecule is CCOP(=O)(CCCOc1c(C)n(-c2c(C(C)C)cccc2C(C)C)c[n+]1-c1c(C(C)C)cccc1C(C)C)OCC. The van der Waals surface area contributed by atoms with Crippen molar-refractivity contribution >= 4 is 7.60 Å². The van der Waals surface area contributed by atoms with Gasteiger partial charge in [0.2, 0.25) is 0 Å². The Morgan fingerprint density at radius 1 is 0.762 bits per heavy atom. The third kappa shape index (κ3) is 7.56. The molecule has 0 aliphatic rings. The van der Waals surface area contributed by atoms with Gasteiger partial charge in [-0.05, 0) is 43.9 Å². The lowest BCUT2D eigenvalue weighted by Gasteiger charge is -2.18. The van der Waals surface area contributed by atoms with Crippen LogP contribution in [0.5, 0.6) is 5.88 Å². The molecule has 1 aromatic heterocycles. The first-order chi connectivity index (χ1) is 19.9. The highest BCUT2D eigenvalue weighted by molar-refractivity contribution is 7.53. The van der Waals surface area contributed by atoms with Crippen molar-refractivity contribution in [3.63, 3.8) is 0 Å². The summed E-state index contributed by atoms with van der Waals surface area (Å²) in [6.07, 6.45) is 3.10. The van der Waals surface area contributed by atoms with Gasteiger partial charge in [0.15, 0.2) is 5.69 Å². The Balaban J connectivity index is 2.23. The molecular weight excluding hydrogens is 543 g/mol. The Hall–Kier alpha value is -2.40. The minimum atomic E-state index is -3.13. The number of benzene rings is 2. The highest BCUT2D eigenvalue weighted by atomic mass is 31.2. The number of para-hydroxylation sites is 2. The summed E-state index contributed by atoms with van der Waals surface area (Å²) in [5.74, 6) is 2.19. The first-order valence-corrected chi connectivity index (χ1v) is 17.5. The van der Waals surface area contributed by atoms with Crippen molar-refractivity contribution in [3.05, 3.63) is 70.7 Å². The second kappa shape index (κ2) is 14.9. The van der Waals surface area contributed by atoms with Gasteiger partial charge in [-0.15, -0.1) is 0 Å². The Morgan fingerprint density at radius 2 is 1.21 bits per heavy atom. The maximum Gasteiger partial charge on any atom is 0.333 e. The van der Waals surface area contributed by atoms with Crippen molar-refractivity contribution < 1.29 is 22.9 Å². The standard InChI is InChI=1S/C35H54N2O4P/c1-12-40-42(38,41-13-2)22-16-21-39-35-28(11)36(33-29(24(3)4)17-14-18-30(33)25(5)6)23-37(35)34-31(26(7)8)19-15-20-32(34)27(9)10/h14-15,17-20,23-27H,12-13,16,21-22H2,1-11H3/q+1.